The molecule has 1 aliphatic heterocycles. The van der Waals surface area contributed by atoms with Crippen molar-refractivity contribution < 1.29 is 28.2 Å². The van der Waals surface area contributed by atoms with Crippen LogP contribution in [-0.2, 0) is 0 Å². The molecule has 0 spiro atoms. The predicted molar refractivity (Wildman–Crippen MR) is 101 cm³/mol. The van der Waals surface area contributed by atoms with Crippen molar-refractivity contribution >= 4 is 17.8 Å². The normalized spacial score (nSPS) is 13.9. The minimum atomic E-state index is -0.626. The quantitative estimate of drug-likeness (QED) is 0.370. The van der Waals surface area contributed by atoms with Gasteiger partial charge in [0.2, 0.25) is 11.5 Å². The summed E-state index contributed by atoms with van der Waals surface area (Å²) in [5.41, 5.74) is 0.989. The molecule has 0 bridgehead atoms. The van der Waals surface area contributed by atoms with Crippen molar-refractivity contribution in [3.05, 3.63) is 83.5 Å². The second-order valence-electron chi connectivity index (χ2n) is 5.94. The molecule has 6 nitrogen and oxygen atoms in total. The van der Waals surface area contributed by atoms with Crippen LogP contribution >= 0.6 is 0 Å². The monoisotopic (exact) mass is 376 g/mol. The number of carbonyl (C=O) groups is 2. The summed E-state index contributed by atoms with van der Waals surface area (Å²) in [5, 5.41) is 0. The van der Waals surface area contributed by atoms with Gasteiger partial charge in [-0.15, -0.1) is 0 Å². The number of rotatable bonds is 5. The fourth-order valence-electron chi connectivity index (χ4n) is 2.80. The summed E-state index contributed by atoms with van der Waals surface area (Å²) in [4.78, 5) is 24.8. The van der Waals surface area contributed by atoms with Crippen LogP contribution in [0, 0.1) is 0 Å². The molecule has 4 rings (SSSR count). The number of furan rings is 1. The van der Waals surface area contributed by atoms with E-state index >= 15 is 0 Å². The second kappa shape index (κ2) is 7.44. The van der Waals surface area contributed by atoms with E-state index in [-0.39, 0.29) is 17.3 Å². The Hall–Kier alpha value is -3.80. The summed E-state index contributed by atoms with van der Waals surface area (Å²) in [6.45, 7) is 2.40. The third kappa shape index (κ3) is 3.40. The van der Waals surface area contributed by atoms with Gasteiger partial charge in [-0.2, -0.15) is 0 Å². The summed E-state index contributed by atoms with van der Waals surface area (Å²) < 4.78 is 21.6. The van der Waals surface area contributed by atoms with E-state index in [0.29, 0.717) is 35.0 Å². The van der Waals surface area contributed by atoms with Crippen LogP contribution in [0.5, 0.6) is 17.2 Å². The Labute approximate surface area is 160 Å². The summed E-state index contributed by atoms with van der Waals surface area (Å²) in [7, 11) is 0. The zero-order valence-corrected chi connectivity index (χ0v) is 15.0. The van der Waals surface area contributed by atoms with E-state index < -0.39 is 5.97 Å². The average molecular weight is 376 g/mol. The van der Waals surface area contributed by atoms with Crippen LogP contribution in [0.3, 0.4) is 0 Å². The molecule has 28 heavy (non-hydrogen) atoms. The Kier molecular flexibility index (Phi) is 4.68. The Morgan fingerprint density at radius 2 is 1.96 bits per heavy atom. The first kappa shape index (κ1) is 17.6. The van der Waals surface area contributed by atoms with Crippen LogP contribution in [0.25, 0.3) is 6.08 Å². The van der Waals surface area contributed by atoms with Gasteiger partial charge in [0.05, 0.1) is 18.4 Å². The van der Waals surface area contributed by atoms with Crippen LogP contribution in [0.2, 0.25) is 0 Å². The molecular weight excluding hydrogens is 360 g/mol. The van der Waals surface area contributed by atoms with Gasteiger partial charge in [0.15, 0.2) is 5.76 Å². The number of carbonyl (C=O) groups excluding carboxylic acids is 2. The highest BCUT2D eigenvalue weighted by molar-refractivity contribution is 6.14. The fourth-order valence-corrected chi connectivity index (χ4v) is 2.80. The number of Topliss-reactive ketones (excluding diaryl/α,β-unsaturated/α-hetero) is 1. The summed E-state index contributed by atoms with van der Waals surface area (Å²) in [6.07, 6.45) is 2.94. The van der Waals surface area contributed by atoms with Crippen LogP contribution in [0.1, 0.15) is 33.4 Å². The van der Waals surface area contributed by atoms with E-state index in [4.69, 9.17) is 18.6 Å². The number of allylic oxidation sites excluding steroid dienone is 1. The number of hydrogen-bond donors (Lipinski definition) is 0. The van der Waals surface area contributed by atoms with Crippen molar-refractivity contribution in [3.63, 3.8) is 0 Å². The zero-order valence-electron chi connectivity index (χ0n) is 15.0. The maximum Gasteiger partial charge on any atom is 0.379 e. The number of benzene rings is 2. The van der Waals surface area contributed by atoms with Gasteiger partial charge in [0.1, 0.15) is 17.2 Å². The predicted octanol–water partition coefficient (Wildman–Crippen LogP) is 4.51. The molecule has 0 aliphatic carbocycles. The minimum absolute atomic E-state index is 0.0894. The molecule has 0 radical (unpaired) electrons. The topological polar surface area (TPSA) is 75.0 Å². The Morgan fingerprint density at radius 1 is 1.11 bits per heavy atom. The standard InChI is InChI=1S/C22H16O6/c1-2-25-15-9-10-16-19(13-15)27-20(21(16)23)12-14-6-3-4-7-17(14)28-22(24)18-8-5-11-26-18/h3-13H,2H2,1H3/b20-12-. The number of para-hydroxylation sites is 1. The summed E-state index contributed by atoms with van der Waals surface area (Å²) in [6, 6.07) is 15.1. The SMILES string of the molecule is CCOc1ccc2c(c1)O/C(=C\c1ccccc1OC(=O)c1ccco1)C2=O. The van der Waals surface area contributed by atoms with Crippen LogP contribution in [0.15, 0.2) is 71.0 Å². The van der Waals surface area contributed by atoms with Crippen molar-refractivity contribution in [2.45, 2.75) is 6.92 Å². The Bertz CT molecular complexity index is 1060. The maximum atomic E-state index is 12.6. The number of ether oxygens (including phenoxy) is 3. The van der Waals surface area contributed by atoms with Gasteiger partial charge in [0, 0.05) is 11.6 Å². The highest BCUT2D eigenvalue weighted by atomic mass is 16.5. The molecule has 140 valence electrons. The average Bonchev–Trinajstić information content (AvgIpc) is 3.33. The molecule has 1 aromatic heterocycles. The number of esters is 1. The van der Waals surface area contributed by atoms with Gasteiger partial charge in [-0.05, 0) is 43.3 Å². The van der Waals surface area contributed by atoms with Crippen molar-refractivity contribution in [1.82, 2.24) is 0 Å². The largest absolute Gasteiger partial charge is 0.494 e. The first-order chi connectivity index (χ1) is 13.7. The van der Waals surface area contributed by atoms with E-state index in [1.807, 2.05) is 6.92 Å². The van der Waals surface area contributed by atoms with Gasteiger partial charge in [-0.25, -0.2) is 4.79 Å². The molecule has 0 atom stereocenters. The minimum Gasteiger partial charge on any atom is -0.494 e. The summed E-state index contributed by atoms with van der Waals surface area (Å²) >= 11 is 0. The molecule has 0 unspecified atom stereocenters. The first-order valence-corrected chi connectivity index (χ1v) is 8.71. The van der Waals surface area contributed by atoms with E-state index in [9.17, 15) is 9.59 Å². The molecule has 0 amide bonds. The van der Waals surface area contributed by atoms with Crippen molar-refractivity contribution in [2.75, 3.05) is 6.61 Å². The van der Waals surface area contributed by atoms with Gasteiger partial charge in [-0.1, -0.05) is 18.2 Å². The molecule has 0 saturated carbocycles. The maximum absolute atomic E-state index is 12.6. The lowest BCUT2D eigenvalue weighted by Crippen LogP contribution is -2.08. The lowest BCUT2D eigenvalue weighted by atomic mass is 10.1. The van der Waals surface area contributed by atoms with Gasteiger partial charge >= 0.3 is 5.97 Å². The molecule has 3 aromatic rings. The molecule has 6 heteroatoms. The first-order valence-electron chi connectivity index (χ1n) is 8.71. The van der Waals surface area contributed by atoms with E-state index in [2.05, 4.69) is 0 Å². The van der Waals surface area contributed by atoms with Crippen LogP contribution in [-0.4, -0.2) is 18.4 Å². The second-order valence-corrected chi connectivity index (χ2v) is 5.94. The smallest absolute Gasteiger partial charge is 0.379 e. The van der Waals surface area contributed by atoms with Crippen molar-refractivity contribution in [3.8, 4) is 17.2 Å². The summed E-state index contributed by atoms with van der Waals surface area (Å²) in [5.74, 6) is 0.718. The van der Waals surface area contributed by atoms with Crippen molar-refractivity contribution in [1.29, 1.82) is 0 Å². The third-order valence-corrected chi connectivity index (χ3v) is 4.08. The molecule has 0 N–H and O–H groups in total. The molecule has 2 aromatic carbocycles. The molecule has 0 saturated heterocycles. The molecule has 1 aliphatic rings. The third-order valence-electron chi connectivity index (χ3n) is 4.08. The fraction of sp³-hybridized carbons (Fsp3) is 0.0909. The lowest BCUT2D eigenvalue weighted by molar-refractivity contribution is 0.0701. The Morgan fingerprint density at radius 3 is 2.75 bits per heavy atom. The molecular formula is C22H16O6. The van der Waals surface area contributed by atoms with Gasteiger partial charge in [-0.3, -0.25) is 4.79 Å². The number of ketones is 1. The Balaban J connectivity index is 1.61. The molecule has 2 heterocycles. The van der Waals surface area contributed by atoms with Crippen LogP contribution < -0.4 is 14.2 Å². The van der Waals surface area contributed by atoms with E-state index in [0.717, 1.165) is 0 Å². The highest BCUT2D eigenvalue weighted by Crippen LogP contribution is 2.35. The zero-order chi connectivity index (χ0) is 19.5. The van der Waals surface area contributed by atoms with Gasteiger partial charge in [0.25, 0.3) is 0 Å². The van der Waals surface area contributed by atoms with Gasteiger partial charge < -0.3 is 18.6 Å². The van der Waals surface area contributed by atoms with E-state index in [1.165, 1.54) is 12.3 Å². The number of fused-ring (bicyclic) bond motifs is 1. The van der Waals surface area contributed by atoms with Crippen molar-refractivity contribution in [2.24, 2.45) is 0 Å². The lowest BCUT2D eigenvalue weighted by Gasteiger charge is -2.07. The van der Waals surface area contributed by atoms with Crippen LogP contribution in [0.4, 0.5) is 0 Å². The highest BCUT2D eigenvalue weighted by Gasteiger charge is 2.28. The van der Waals surface area contributed by atoms with E-state index in [1.54, 1.807) is 54.6 Å². The molecule has 0 fully saturated rings. The number of hydrogen-bond acceptors (Lipinski definition) is 6.